The van der Waals surface area contributed by atoms with Crippen LogP contribution in [0, 0.1) is 20.8 Å². The maximum absolute atomic E-state index is 13.0. The zero-order valence-electron chi connectivity index (χ0n) is 17.8. The summed E-state index contributed by atoms with van der Waals surface area (Å²) in [5.41, 5.74) is 5.98. The molecule has 3 aromatic rings. The molecule has 0 radical (unpaired) electrons. The number of nitrogens with one attached hydrogen (secondary N) is 2. The van der Waals surface area contributed by atoms with Gasteiger partial charge < -0.3 is 10.2 Å². The number of carbonyl (C=O) groups excluding carboxylic acids is 1. The minimum Gasteiger partial charge on any atom is -0.340 e. The van der Waals surface area contributed by atoms with Gasteiger partial charge in [0.1, 0.15) is 5.82 Å². The van der Waals surface area contributed by atoms with Gasteiger partial charge in [-0.3, -0.25) is 14.9 Å². The fourth-order valence-corrected chi connectivity index (χ4v) is 4.21. The van der Waals surface area contributed by atoms with E-state index in [2.05, 4.69) is 20.5 Å². The molecule has 0 saturated carbocycles. The zero-order valence-corrected chi connectivity index (χ0v) is 17.8. The van der Waals surface area contributed by atoms with Crippen molar-refractivity contribution in [2.45, 2.75) is 52.5 Å². The molecule has 7 heteroatoms. The normalized spacial score (nSPS) is 16.1. The molecule has 0 aliphatic carbocycles. The third kappa shape index (κ3) is 4.35. The highest BCUT2D eigenvalue weighted by Gasteiger charge is 2.31. The Bertz CT molecular complexity index is 1010. The number of aromatic nitrogens is 4. The maximum atomic E-state index is 13.0. The third-order valence-electron chi connectivity index (χ3n) is 5.69. The number of pyridine rings is 2. The molecule has 4 rings (SSSR count). The Morgan fingerprint density at radius 1 is 1.27 bits per heavy atom. The first-order valence-corrected chi connectivity index (χ1v) is 10.5. The number of hydrogen-bond donors (Lipinski definition) is 2. The van der Waals surface area contributed by atoms with Crippen LogP contribution in [0.1, 0.15) is 53.6 Å². The molecule has 3 aromatic heterocycles. The van der Waals surface area contributed by atoms with Gasteiger partial charge >= 0.3 is 0 Å². The highest BCUT2D eigenvalue weighted by Crippen LogP contribution is 2.33. The second-order valence-electron chi connectivity index (χ2n) is 7.92. The van der Waals surface area contributed by atoms with E-state index in [9.17, 15) is 4.79 Å². The summed E-state index contributed by atoms with van der Waals surface area (Å²) >= 11 is 0. The van der Waals surface area contributed by atoms with Gasteiger partial charge in [0.05, 0.1) is 17.4 Å². The lowest BCUT2D eigenvalue weighted by molar-refractivity contribution is -0.132. The molecule has 1 aliphatic rings. The molecule has 0 aromatic carbocycles. The van der Waals surface area contributed by atoms with Crippen molar-refractivity contribution in [1.29, 1.82) is 0 Å². The summed E-state index contributed by atoms with van der Waals surface area (Å²) in [6, 6.07) is 9.84. The van der Waals surface area contributed by atoms with Gasteiger partial charge in [-0.25, -0.2) is 4.98 Å². The van der Waals surface area contributed by atoms with Gasteiger partial charge in [0.2, 0.25) is 5.91 Å². The van der Waals surface area contributed by atoms with Crippen molar-refractivity contribution in [2.24, 2.45) is 0 Å². The van der Waals surface area contributed by atoms with Crippen LogP contribution < -0.4 is 5.32 Å². The molecule has 1 atom stereocenters. The number of aromatic amines is 1. The van der Waals surface area contributed by atoms with Crippen molar-refractivity contribution in [2.75, 3.05) is 11.9 Å². The quantitative estimate of drug-likeness (QED) is 0.644. The Kier molecular flexibility index (Phi) is 5.79. The predicted octanol–water partition coefficient (Wildman–Crippen LogP) is 4.16. The number of amides is 1. The van der Waals surface area contributed by atoms with Crippen LogP contribution in [0.4, 0.5) is 11.5 Å². The molecule has 1 unspecified atom stereocenters. The molecule has 156 valence electrons. The van der Waals surface area contributed by atoms with Gasteiger partial charge in [-0.2, -0.15) is 5.10 Å². The fraction of sp³-hybridized carbons (Fsp3) is 0.391. The molecule has 1 amide bonds. The van der Waals surface area contributed by atoms with E-state index < -0.39 is 0 Å². The van der Waals surface area contributed by atoms with Crippen molar-refractivity contribution >= 4 is 17.4 Å². The van der Waals surface area contributed by atoms with Gasteiger partial charge in [0.25, 0.3) is 0 Å². The van der Waals surface area contributed by atoms with Crippen molar-refractivity contribution < 1.29 is 4.79 Å². The Morgan fingerprint density at radius 2 is 2.13 bits per heavy atom. The molecular weight excluding hydrogens is 376 g/mol. The average molecular weight is 405 g/mol. The Morgan fingerprint density at radius 3 is 2.87 bits per heavy atom. The zero-order chi connectivity index (χ0) is 21.1. The molecule has 7 nitrogen and oxygen atoms in total. The van der Waals surface area contributed by atoms with E-state index in [1.165, 1.54) is 0 Å². The summed E-state index contributed by atoms with van der Waals surface area (Å²) in [6.45, 7) is 6.75. The maximum Gasteiger partial charge on any atom is 0.223 e. The van der Waals surface area contributed by atoms with E-state index in [-0.39, 0.29) is 11.9 Å². The number of H-pyrrole nitrogens is 1. The van der Waals surface area contributed by atoms with Gasteiger partial charge in [-0.05, 0) is 69.9 Å². The van der Waals surface area contributed by atoms with E-state index in [4.69, 9.17) is 4.98 Å². The van der Waals surface area contributed by atoms with E-state index in [1.807, 2.05) is 56.0 Å². The van der Waals surface area contributed by atoms with Crippen molar-refractivity contribution in [3.63, 3.8) is 0 Å². The Labute approximate surface area is 176 Å². The molecular formula is C23H28N6O. The minimum atomic E-state index is 0.0215. The topological polar surface area (TPSA) is 86.8 Å². The van der Waals surface area contributed by atoms with Crippen LogP contribution in [0.15, 0.2) is 36.5 Å². The standard InChI is InChI=1S/C23H28N6O/c1-15-13-18(26-22-8-4-5-11-24-22)14-20(25-15)21-7-6-12-29(21)23(30)10-9-19-16(2)27-28-17(19)3/h4-5,8,11,13-14,21H,6-7,9-10,12H2,1-3H3,(H,27,28)(H,24,25,26). The number of anilines is 2. The lowest BCUT2D eigenvalue weighted by Gasteiger charge is -2.25. The summed E-state index contributed by atoms with van der Waals surface area (Å²) in [5, 5.41) is 10.6. The lowest BCUT2D eigenvalue weighted by atomic mass is 10.1. The Hall–Kier alpha value is -3.22. The number of nitrogens with zero attached hydrogens (tertiary/aromatic N) is 4. The highest BCUT2D eigenvalue weighted by molar-refractivity contribution is 5.77. The molecule has 1 fully saturated rings. The first-order chi connectivity index (χ1) is 14.5. The molecule has 1 saturated heterocycles. The van der Waals surface area contributed by atoms with E-state index in [1.54, 1.807) is 6.20 Å². The highest BCUT2D eigenvalue weighted by atomic mass is 16.2. The van der Waals surface area contributed by atoms with E-state index >= 15 is 0 Å². The molecule has 0 spiro atoms. The number of rotatable bonds is 6. The molecule has 0 bridgehead atoms. The van der Waals surface area contributed by atoms with Crippen LogP contribution in [0.5, 0.6) is 0 Å². The number of hydrogen-bond acceptors (Lipinski definition) is 5. The first kappa shape index (κ1) is 20.1. The van der Waals surface area contributed by atoms with Crippen molar-refractivity contribution in [3.8, 4) is 0 Å². The second-order valence-corrected chi connectivity index (χ2v) is 7.92. The Balaban J connectivity index is 1.49. The van der Waals surface area contributed by atoms with Crippen molar-refractivity contribution in [1.82, 2.24) is 25.1 Å². The van der Waals surface area contributed by atoms with Gasteiger partial charge in [0, 0.05) is 36.2 Å². The smallest absolute Gasteiger partial charge is 0.223 e. The minimum absolute atomic E-state index is 0.0215. The second kappa shape index (κ2) is 8.65. The number of carbonyl (C=O) groups is 1. The summed E-state index contributed by atoms with van der Waals surface area (Å²) in [5.74, 6) is 0.972. The lowest BCUT2D eigenvalue weighted by Crippen LogP contribution is -2.31. The summed E-state index contributed by atoms with van der Waals surface area (Å²) in [6.07, 6.45) is 4.90. The van der Waals surface area contributed by atoms with Crippen molar-refractivity contribution in [3.05, 3.63) is 64.9 Å². The largest absolute Gasteiger partial charge is 0.340 e. The van der Waals surface area contributed by atoms with Gasteiger partial charge in [-0.1, -0.05) is 6.07 Å². The van der Waals surface area contributed by atoms with Crippen LogP contribution >= 0.6 is 0 Å². The average Bonchev–Trinajstić information content (AvgIpc) is 3.34. The third-order valence-corrected chi connectivity index (χ3v) is 5.69. The monoisotopic (exact) mass is 404 g/mol. The number of likely N-dealkylation sites (tertiary alicyclic amines) is 1. The first-order valence-electron chi connectivity index (χ1n) is 10.5. The van der Waals surface area contributed by atoms with Gasteiger partial charge in [0.15, 0.2) is 0 Å². The van der Waals surface area contributed by atoms with Crippen LogP contribution in [0.25, 0.3) is 0 Å². The van der Waals surface area contributed by atoms with Crippen LogP contribution in [-0.2, 0) is 11.2 Å². The van der Waals surface area contributed by atoms with E-state index in [0.717, 1.165) is 59.2 Å². The summed E-state index contributed by atoms with van der Waals surface area (Å²) in [4.78, 5) is 24.1. The summed E-state index contributed by atoms with van der Waals surface area (Å²) < 4.78 is 0. The van der Waals surface area contributed by atoms with Crippen LogP contribution in [0.2, 0.25) is 0 Å². The number of aryl methyl sites for hydroxylation is 3. The van der Waals surface area contributed by atoms with Crippen LogP contribution in [-0.4, -0.2) is 37.5 Å². The molecule has 30 heavy (non-hydrogen) atoms. The molecule has 1 aliphatic heterocycles. The molecule has 4 heterocycles. The van der Waals surface area contributed by atoms with E-state index in [0.29, 0.717) is 12.8 Å². The SMILES string of the molecule is Cc1cc(Nc2ccccn2)cc(C2CCCN2C(=O)CCc2c(C)n[nH]c2C)n1. The van der Waals surface area contributed by atoms with Crippen LogP contribution in [0.3, 0.4) is 0 Å². The summed E-state index contributed by atoms with van der Waals surface area (Å²) in [7, 11) is 0. The van der Waals surface area contributed by atoms with Gasteiger partial charge in [-0.15, -0.1) is 0 Å². The molecule has 2 N–H and O–H groups in total. The predicted molar refractivity (Wildman–Crippen MR) is 117 cm³/mol. The fourth-order valence-electron chi connectivity index (χ4n) is 4.21.